The highest BCUT2D eigenvalue weighted by Crippen LogP contribution is 2.24. The van der Waals surface area contributed by atoms with Crippen LogP contribution in [0.2, 0.25) is 0 Å². The Hall–Kier alpha value is -1.27. The van der Waals surface area contributed by atoms with Gasteiger partial charge in [0, 0.05) is 17.1 Å². The lowest BCUT2D eigenvalue weighted by molar-refractivity contribution is -0.137. The summed E-state index contributed by atoms with van der Waals surface area (Å²) in [6, 6.07) is 3.67. The average molecular weight is 279 g/mol. The first kappa shape index (κ1) is 13.8. The lowest BCUT2D eigenvalue weighted by atomic mass is 10.1. The van der Waals surface area contributed by atoms with Gasteiger partial charge in [0.1, 0.15) is 5.75 Å². The molecule has 0 saturated heterocycles. The molecule has 1 aromatic carbocycles. The minimum atomic E-state index is -3.84. The van der Waals surface area contributed by atoms with E-state index in [0.717, 1.165) is 0 Å². The third-order valence-electron chi connectivity index (χ3n) is 2.17. The first-order valence-electron chi connectivity index (χ1n) is 4.79. The maximum atomic E-state index is 11.1. The number of aryl methyl sites for hydroxylation is 1. The lowest BCUT2D eigenvalue weighted by Gasteiger charge is -2.05. The first-order valence-corrected chi connectivity index (χ1v) is 7.10. The van der Waals surface area contributed by atoms with Crippen molar-refractivity contribution in [3.8, 4) is 5.75 Å². The minimum absolute atomic E-state index is 0.0444. The second kappa shape index (κ2) is 5.37. The highest BCUT2D eigenvalue weighted by atomic mass is 35.7. The van der Waals surface area contributed by atoms with Gasteiger partial charge in [0.25, 0.3) is 9.05 Å². The van der Waals surface area contributed by atoms with E-state index in [1.807, 2.05) is 0 Å². The molecule has 0 amide bonds. The number of aliphatic carboxylic acids is 1. The molecule has 1 rings (SSSR count). The number of benzene rings is 1. The highest BCUT2D eigenvalue weighted by molar-refractivity contribution is 8.13. The van der Waals surface area contributed by atoms with E-state index in [1.165, 1.54) is 18.2 Å². The molecule has 0 spiro atoms. The Labute approximate surface area is 103 Å². The van der Waals surface area contributed by atoms with Gasteiger partial charge in [-0.15, -0.1) is 0 Å². The maximum Gasteiger partial charge on any atom is 0.303 e. The van der Waals surface area contributed by atoms with E-state index < -0.39 is 15.0 Å². The number of halogens is 1. The number of hydrogen-bond donors (Lipinski definition) is 2. The Balaban J connectivity index is 2.88. The van der Waals surface area contributed by atoms with Gasteiger partial charge in [-0.1, -0.05) is 0 Å². The van der Waals surface area contributed by atoms with Crippen LogP contribution in [-0.2, 0) is 20.3 Å². The molecule has 0 radical (unpaired) electrons. The van der Waals surface area contributed by atoms with Crippen molar-refractivity contribution in [2.24, 2.45) is 0 Å². The molecular formula is C10H11ClO5S. The predicted molar refractivity (Wildman–Crippen MR) is 61.7 cm³/mol. The predicted octanol–water partition coefficient (Wildman–Crippen LogP) is 1.73. The van der Waals surface area contributed by atoms with Crippen LogP contribution in [0.4, 0.5) is 0 Å². The van der Waals surface area contributed by atoms with Gasteiger partial charge in [-0.3, -0.25) is 4.79 Å². The molecule has 2 N–H and O–H groups in total. The summed E-state index contributed by atoms with van der Waals surface area (Å²) in [6.07, 6.45) is 0.546. The largest absolute Gasteiger partial charge is 0.508 e. The number of phenols is 1. The Morgan fingerprint density at radius 3 is 2.53 bits per heavy atom. The van der Waals surface area contributed by atoms with Crippen LogP contribution < -0.4 is 0 Å². The number of phenolic OH excluding ortho intramolecular Hbond substituents is 1. The summed E-state index contributed by atoms with van der Waals surface area (Å²) < 4.78 is 22.1. The molecule has 0 saturated carbocycles. The second-order valence-electron chi connectivity index (χ2n) is 3.48. The van der Waals surface area contributed by atoms with Crippen LogP contribution in [0.1, 0.15) is 18.4 Å². The Morgan fingerprint density at radius 1 is 1.35 bits per heavy atom. The zero-order valence-electron chi connectivity index (χ0n) is 8.76. The van der Waals surface area contributed by atoms with Crippen LogP contribution in [0.25, 0.3) is 0 Å². The van der Waals surface area contributed by atoms with E-state index in [1.54, 1.807) is 0 Å². The van der Waals surface area contributed by atoms with Crippen LogP contribution in [0, 0.1) is 0 Å². The molecule has 1 aromatic rings. The average Bonchev–Trinajstić information content (AvgIpc) is 2.18. The smallest absolute Gasteiger partial charge is 0.303 e. The molecule has 0 aliphatic carbocycles. The summed E-state index contributed by atoms with van der Waals surface area (Å²) in [6.45, 7) is 0. The van der Waals surface area contributed by atoms with Gasteiger partial charge in [-0.25, -0.2) is 8.42 Å². The van der Waals surface area contributed by atoms with Crippen molar-refractivity contribution in [2.75, 3.05) is 0 Å². The molecule has 0 bridgehead atoms. The van der Waals surface area contributed by atoms with Crippen molar-refractivity contribution in [2.45, 2.75) is 24.2 Å². The van der Waals surface area contributed by atoms with Crippen LogP contribution in [-0.4, -0.2) is 24.6 Å². The number of carbonyl (C=O) groups is 1. The Bertz CT molecular complexity index is 523. The fourth-order valence-corrected chi connectivity index (χ4v) is 2.15. The number of hydrogen-bond acceptors (Lipinski definition) is 4. The SMILES string of the molecule is O=C(O)CCCc1cc(S(=O)(=O)Cl)ccc1O. The second-order valence-corrected chi connectivity index (χ2v) is 6.04. The molecule has 0 atom stereocenters. The highest BCUT2D eigenvalue weighted by Gasteiger charge is 2.12. The third kappa shape index (κ3) is 4.24. The zero-order valence-corrected chi connectivity index (χ0v) is 10.3. The van der Waals surface area contributed by atoms with E-state index in [9.17, 15) is 18.3 Å². The summed E-state index contributed by atoms with van der Waals surface area (Å²) in [7, 11) is 1.33. The molecule has 0 fully saturated rings. The number of carboxylic acid groups (broad SMARTS) is 1. The zero-order chi connectivity index (χ0) is 13.1. The molecule has 0 aliphatic heterocycles. The van der Waals surface area contributed by atoms with Crippen LogP contribution in [0.3, 0.4) is 0 Å². The van der Waals surface area contributed by atoms with Gasteiger partial charge < -0.3 is 10.2 Å². The summed E-state index contributed by atoms with van der Waals surface area (Å²) in [4.78, 5) is 10.2. The monoisotopic (exact) mass is 278 g/mol. The third-order valence-corrected chi connectivity index (χ3v) is 3.52. The summed E-state index contributed by atoms with van der Waals surface area (Å²) >= 11 is 0. The van der Waals surface area contributed by atoms with Crippen LogP contribution >= 0.6 is 10.7 Å². The van der Waals surface area contributed by atoms with Crippen molar-refractivity contribution in [3.63, 3.8) is 0 Å². The molecule has 7 heteroatoms. The van der Waals surface area contributed by atoms with Crippen molar-refractivity contribution >= 4 is 25.7 Å². The standard InChI is InChI=1S/C10H11ClO5S/c11-17(15,16)8-4-5-9(12)7(6-8)2-1-3-10(13)14/h4-6,12H,1-3H2,(H,13,14). The number of rotatable bonds is 5. The normalized spacial score (nSPS) is 11.4. The van der Waals surface area contributed by atoms with Gasteiger partial charge >= 0.3 is 5.97 Å². The molecule has 17 heavy (non-hydrogen) atoms. The molecule has 0 aromatic heterocycles. The fourth-order valence-electron chi connectivity index (χ4n) is 1.34. The lowest BCUT2D eigenvalue weighted by Crippen LogP contribution is -1.97. The summed E-state index contributed by atoms with van der Waals surface area (Å²) in [5.74, 6) is -1.01. The quantitative estimate of drug-likeness (QED) is 0.800. The van der Waals surface area contributed by atoms with Gasteiger partial charge in [0.05, 0.1) is 4.90 Å². The van der Waals surface area contributed by atoms with Crippen LogP contribution in [0.5, 0.6) is 5.75 Å². The summed E-state index contributed by atoms with van der Waals surface area (Å²) in [5.41, 5.74) is 0.368. The van der Waals surface area contributed by atoms with Gasteiger partial charge in [0.2, 0.25) is 0 Å². The van der Waals surface area contributed by atoms with E-state index in [0.29, 0.717) is 12.0 Å². The van der Waals surface area contributed by atoms with Crippen molar-refractivity contribution in [1.29, 1.82) is 0 Å². The van der Waals surface area contributed by atoms with Crippen molar-refractivity contribution in [1.82, 2.24) is 0 Å². The molecule has 5 nitrogen and oxygen atoms in total. The van der Waals surface area contributed by atoms with Crippen LogP contribution in [0.15, 0.2) is 23.1 Å². The van der Waals surface area contributed by atoms with Gasteiger partial charge in [0.15, 0.2) is 0 Å². The van der Waals surface area contributed by atoms with E-state index in [4.69, 9.17) is 15.8 Å². The molecule has 0 heterocycles. The molecular weight excluding hydrogens is 268 g/mol. The molecule has 94 valence electrons. The topological polar surface area (TPSA) is 91.7 Å². The van der Waals surface area contributed by atoms with Gasteiger partial charge in [-0.2, -0.15) is 0 Å². The molecule has 0 unspecified atom stereocenters. The first-order chi connectivity index (χ1) is 7.80. The number of carboxylic acids is 1. The Kier molecular flexibility index (Phi) is 4.36. The molecule has 0 aliphatic rings. The summed E-state index contributed by atoms with van der Waals surface area (Å²) in [5, 5.41) is 17.9. The van der Waals surface area contributed by atoms with E-state index in [2.05, 4.69) is 0 Å². The minimum Gasteiger partial charge on any atom is -0.508 e. The van der Waals surface area contributed by atoms with E-state index >= 15 is 0 Å². The Morgan fingerprint density at radius 2 is 2.00 bits per heavy atom. The van der Waals surface area contributed by atoms with E-state index in [-0.39, 0.29) is 23.5 Å². The number of aromatic hydroxyl groups is 1. The maximum absolute atomic E-state index is 11.1. The fraction of sp³-hybridized carbons (Fsp3) is 0.300. The van der Waals surface area contributed by atoms with Crippen molar-refractivity contribution in [3.05, 3.63) is 23.8 Å². The van der Waals surface area contributed by atoms with Crippen molar-refractivity contribution < 1.29 is 23.4 Å². The van der Waals surface area contributed by atoms with Gasteiger partial charge in [-0.05, 0) is 36.6 Å².